The molecule has 1 aliphatic heterocycles. The third kappa shape index (κ3) is 6.24. The molecule has 7 nitrogen and oxygen atoms in total. The van der Waals surface area contributed by atoms with Crippen LogP contribution in [0.2, 0.25) is 5.15 Å². The first kappa shape index (κ1) is 23.5. The van der Waals surface area contributed by atoms with Crippen LogP contribution in [0.3, 0.4) is 0 Å². The normalized spacial score (nSPS) is 14.0. The number of thiophene rings is 1. The number of halogens is 1. The Bertz CT molecular complexity index is 1200. The summed E-state index contributed by atoms with van der Waals surface area (Å²) in [6, 6.07) is 17.3. The molecular formula is C23H26ClN6OPS. The van der Waals surface area contributed by atoms with Crippen molar-refractivity contribution < 1.29 is 5.11 Å². The van der Waals surface area contributed by atoms with Crippen molar-refractivity contribution >= 4 is 65.6 Å². The van der Waals surface area contributed by atoms with Gasteiger partial charge in [0.15, 0.2) is 5.15 Å². The van der Waals surface area contributed by atoms with Crippen LogP contribution in [-0.2, 0) is 0 Å². The van der Waals surface area contributed by atoms with E-state index in [0.717, 1.165) is 47.8 Å². The summed E-state index contributed by atoms with van der Waals surface area (Å²) in [5.41, 5.74) is 3.97. The molecule has 0 spiro atoms. The van der Waals surface area contributed by atoms with E-state index in [2.05, 4.69) is 70.9 Å². The smallest absolute Gasteiger partial charge is 0.229 e. The van der Waals surface area contributed by atoms with Gasteiger partial charge >= 0.3 is 0 Å². The summed E-state index contributed by atoms with van der Waals surface area (Å²) in [5.74, 6) is 0.806. The number of nitrogens with one attached hydrogen (secondary N) is 2. The highest BCUT2D eigenvalue weighted by atomic mass is 35.5. The zero-order valence-corrected chi connectivity index (χ0v) is 20.9. The Hall–Kier alpha value is -2.64. The van der Waals surface area contributed by atoms with Crippen LogP contribution in [0.1, 0.15) is 0 Å². The lowest BCUT2D eigenvalue weighted by Crippen LogP contribution is -2.44. The second-order valence-corrected chi connectivity index (χ2v) is 9.19. The van der Waals surface area contributed by atoms with Gasteiger partial charge in [-0.15, -0.1) is 11.3 Å². The Labute approximate surface area is 204 Å². The first-order chi connectivity index (χ1) is 16.0. The number of aromatic nitrogens is 2. The molecule has 1 atom stereocenters. The SMILES string of the molecule is CN1CCN(c2ccc(Nc3nc(Cl)c4sccc4n3)cc2)CC1.Oc1cccc(NP)c1. The average molecular weight is 501 g/mol. The zero-order chi connectivity index (χ0) is 23.2. The van der Waals surface area contributed by atoms with Gasteiger partial charge in [0.1, 0.15) is 5.75 Å². The monoisotopic (exact) mass is 500 g/mol. The highest BCUT2D eigenvalue weighted by Gasteiger charge is 2.14. The fourth-order valence-electron chi connectivity index (χ4n) is 3.43. The maximum atomic E-state index is 8.89. The first-order valence-corrected chi connectivity index (χ1v) is 12.3. The van der Waals surface area contributed by atoms with E-state index in [4.69, 9.17) is 16.7 Å². The molecule has 2 aromatic carbocycles. The molecule has 3 heterocycles. The maximum absolute atomic E-state index is 8.89. The van der Waals surface area contributed by atoms with E-state index >= 15 is 0 Å². The maximum Gasteiger partial charge on any atom is 0.229 e. The molecule has 2 aromatic heterocycles. The van der Waals surface area contributed by atoms with Crippen LogP contribution in [0.5, 0.6) is 5.75 Å². The van der Waals surface area contributed by atoms with Gasteiger partial charge in [0, 0.05) is 49.3 Å². The van der Waals surface area contributed by atoms with Crippen molar-refractivity contribution in [3.63, 3.8) is 0 Å². The van der Waals surface area contributed by atoms with Crippen LogP contribution in [0.15, 0.2) is 60.0 Å². The van der Waals surface area contributed by atoms with E-state index < -0.39 is 0 Å². The molecular weight excluding hydrogens is 475 g/mol. The fourth-order valence-corrected chi connectivity index (χ4v) is 4.63. The van der Waals surface area contributed by atoms with Crippen molar-refractivity contribution in [3.8, 4) is 5.75 Å². The van der Waals surface area contributed by atoms with Crippen LogP contribution in [-0.4, -0.2) is 53.2 Å². The molecule has 10 heteroatoms. The van der Waals surface area contributed by atoms with E-state index in [1.807, 2.05) is 17.5 Å². The molecule has 5 rings (SSSR count). The molecule has 0 bridgehead atoms. The molecule has 172 valence electrons. The second-order valence-electron chi connectivity index (χ2n) is 7.63. The van der Waals surface area contributed by atoms with Crippen LogP contribution in [0.4, 0.5) is 23.0 Å². The van der Waals surface area contributed by atoms with Gasteiger partial charge in [0.05, 0.1) is 10.2 Å². The first-order valence-electron chi connectivity index (χ1n) is 10.5. The van der Waals surface area contributed by atoms with Crippen LogP contribution < -0.4 is 15.3 Å². The third-order valence-electron chi connectivity index (χ3n) is 5.27. The Kier molecular flexibility index (Phi) is 7.83. The van der Waals surface area contributed by atoms with Crippen molar-refractivity contribution in [1.29, 1.82) is 0 Å². The molecule has 0 aliphatic carbocycles. The van der Waals surface area contributed by atoms with E-state index in [-0.39, 0.29) is 5.75 Å². The standard InChI is InChI=1S/C17H18ClN5S.C6H8NOP/c1-22-7-9-23(10-8-22)13-4-2-12(3-5-13)19-17-20-14-6-11-24-15(14)16(18)21-17;8-6-3-1-2-5(4-6)7-9/h2-6,11H,7-10H2,1H3,(H,19,20,21);1-4,7-8H,9H2. The average Bonchev–Trinajstić information content (AvgIpc) is 3.30. The van der Waals surface area contributed by atoms with Gasteiger partial charge in [-0.2, -0.15) is 4.98 Å². The number of nitrogens with zero attached hydrogens (tertiary/aromatic N) is 4. The number of piperazine rings is 1. The zero-order valence-electron chi connectivity index (χ0n) is 18.2. The number of rotatable bonds is 4. The number of anilines is 4. The van der Waals surface area contributed by atoms with E-state index in [0.29, 0.717) is 11.1 Å². The molecule has 33 heavy (non-hydrogen) atoms. The molecule has 0 amide bonds. The van der Waals surface area contributed by atoms with Gasteiger partial charge in [-0.05, 0) is 64.3 Å². The molecule has 1 saturated heterocycles. The van der Waals surface area contributed by atoms with Gasteiger partial charge in [-0.25, -0.2) is 4.98 Å². The lowest BCUT2D eigenvalue weighted by Gasteiger charge is -2.34. The number of likely N-dealkylation sites (N-methyl/N-ethyl adjacent to an activating group) is 1. The minimum absolute atomic E-state index is 0.280. The molecule has 3 N–H and O–H groups in total. The minimum Gasteiger partial charge on any atom is -0.508 e. The van der Waals surface area contributed by atoms with E-state index in [1.165, 1.54) is 5.69 Å². The Morgan fingerprint density at radius 3 is 2.42 bits per heavy atom. The number of benzene rings is 2. The molecule has 1 aliphatic rings. The lowest BCUT2D eigenvalue weighted by molar-refractivity contribution is 0.313. The van der Waals surface area contributed by atoms with Crippen molar-refractivity contribution in [3.05, 3.63) is 65.1 Å². The topological polar surface area (TPSA) is 76.5 Å². The van der Waals surface area contributed by atoms with Crippen molar-refractivity contribution in [2.75, 3.05) is 48.5 Å². The molecule has 0 radical (unpaired) electrons. The number of fused-ring (bicyclic) bond motifs is 1. The highest BCUT2D eigenvalue weighted by molar-refractivity contribution is 7.18. The third-order valence-corrected chi connectivity index (χ3v) is 6.90. The van der Waals surface area contributed by atoms with Crippen LogP contribution >= 0.6 is 32.3 Å². The summed E-state index contributed by atoms with van der Waals surface area (Å²) >= 11 is 7.77. The summed E-state index contributed by atoms with van der Waals surface area (Å²) in [6.45, 7) is 4.34. The fraction of sp³-hybridized carbons (Fsp3) is 0.217. The number of phenolic OH excluding ortho intramolecular Hbond substituents is 1. The van der Waals surface area contributed by atoms with E-state index in [1.54, 1.807) is 29.5 Å². The largest absolute Gasteiger partial charge is 0.508 e. The predicted octanol–water partition coefficient (Wildman–Crippen LogP) is 5.43. The quantitative estimate of drug-likeness (QED) is 0.254. The van der Waals surface area contributed by atoms with E-state index in [9.17, 15) is 0 Å². The summed E-state index contributed by atoms with van der Waals surface area (Å²) < 4.78 is 0.924. The predicted molar refractivity (Wildman–Crippen MR) is 143 cm³/mol. The van der Waals surface area contributed by atoms with Gasteiger partial charge in [-0.3, -0.25) is 0 Å². The van der Waals surface area contributed by atoms with Crippen LogP contribution in [0, 0.1) is 0 Å². The summed E-state index contributed by atoms with van der Waals surface area (Å²) in [5, 5.41) is 17.4. The summed E-state index contributed by atoms with van der Waals surface area (Å²) in [7, 11) is 4.52. The lowest BCUT2D eigenvalue weighted by atomic mass is 10.2. The number of phenols is 1. The Morgan fingerprint density at radius 1 is 1.00 bits per heavy atom. The number of hydrogen-bond donors (Lipinski definition) is 3. The summed E-state index contributed by atoms with van der Waals surface area (Å²) in [6.07, 6.45) is 0. The van der Waals surface area contributed by atoms with Gasteiger partial charge in [0.25, 0.3) is 0 Å². The number of aromatic hydroxyl groups is 1. The summed E-state index contributed by atoms with van der Waals surface area (Å²) in [4.78, 5) is 13.6. The van der Waals surface area contributed by atoms with Gasteiger partial charge in [0.2, 0.25) is 5.95 Å². The van der Waals surface area contributed by atoms with Crippen molar-refractivity contribution in [1.82, 2.24) is 14.9 Å². The van der Waals surface area contributed by atoms with Gasteiger partial charge < -0.3 is 25.3 Å². The highest BCUT2D eigenvalue weighted by Crippen LogP contribution is 2.28. The molecule has 0 saturated carbocycles. The molecule has 1 fully saturated rings. The molecule has 4 aromatic rings. The Morgan fingerprint density at radius 2 is 1.76 bits per heavy atom. The van der Waals surface area contributed by atoms with Gasteiger partial charge in [-0.1, -0.05) is 17.7 Å². The minimum atomic E-state index is 0.280. The van der Waals surface area contributed by atoms with Crippen molar-refractivity contribution in [2.45, 2.75) is 0 Å². The second kappa shape index (κ2) is 11.0. The number of hydrogen-bond acceptors (Lipinski definition) is 8. The Balaban J connectivity index is 0.000000243. The van der Waals surface area contributed by atoms with Crippen molar-refractivity contribution in [2.24, 2.45) is 0 Å². The molecule has 1 unspecified atom stereocenters. The van der Waals surface area contributed by atoms with Crippen LogP contribution in [0.25, 0.3) is 10.2 Å².